The van der Waals surface area contributed by atoms with Gasteiger partial charge in [-0.2, -0.15) is 0 Å². The van der Waals surface area contributed by atoms with Crippen molar-refractivity contribution in [3.05, 3.63) is 33.4 Å². The summed E-state index contributed by atoms with van der Waals surface area (Å²) in [6, 6.07) is 6.07. The molecule has 30 heavy (non-hydrogen) atoms. The van der Waals surface area contributed by atoms with E-state index < -0.39 is 58.2 Å². The van der Waals surface area contributed by atoms with E-state index in [1.54, 1.807) is 12.1 Å². The minimum atomic E-state index is -3.43. The number of rotatable bonds is 6. The van der Waals surface area contributed by atoms with Gasteiger partial charge in [-0.3, -0.25) is 19.2 Å². The van der Waals surface area contributed by atoms with Crippen LogP contribution in [0.4, 0.5) is 0 Å². The third-order valence-corrected chi connectivity index (χ3v) is 6.36. The van der Waals surface area contributed by atoms with Crippen LogP contribution in [0, 0.1) is 3.57 Å². The average Bonchev–Trinajstić information content (AvgIpc) is 2.66. The molecule has 1 fully saturated rings. The zero-order valence-electron chi connectivity index (χ0n) is 16.7. The molecule has 4 N–H and O–H groups in total. The van der Waals surface area contributed by atoms with Crippen molar-refractivity contribution in [2.75, 3.05) is 0 Å². The fraction of sp³-hybridized carbons (Fsp3) is 0.500. The van der Waals surface area contributed by atoms with E-state index in [2.05, 4.69) is 0 Å². The van der Waals surface area contributed by atoms with Crippen molar-refractivity contribution in [2.24, 2.45) is 0 Å². The molecule has 1 aliphatic heterocycles. The first-order valence-corrected chi connectivity index (χ1v) is 10.0. The van der Waals surface area contributed by atoms with Crippen molar-refractivity contribution in [2.45, 2.75) is 62.8 Å². The summed E-state index contributed by atoms with van der Waals surface area (Å²) in [4.78, 5) is 49.6. The molecule has 0 amide bonds. The van der Waals surface area contributed by atoms with Gasteiger partial charge in [-0.1, -0.05) is 12.1 Å². The van der Waals surface area contributed by atoms with Crippen LogP contribution in [-0.2, 0) is 23.9 Å². The second kappa shape index (κ2) is 8.17. The van der Waals surface area contributed by atoms with Crippen LogP contribution < -0.4 is 0 Å². The van der Waals surface area contributed by atoms with E-state index in [1.165, 1.54) is 12.1 Å². The molecule has 1 heterocycles. The fourth-order valence-corrected chi connectivity index (χ4v) is 4.29. The molecule has 0 aliphatic carbocycles. The SMILES string of the molecule is CC(=O)C(O)[C@H]1O[C@@H](c2ccc(I)cc2)[C@@](O)(C(C)=O)[C@](O)(C(C)=O)[C@@]1(O)C(C)=O. The predicted molar refractivity (Wildman–Crippen MR) is 110 cm³/mol. The van der Waals surface area contributed by atoms with Gasteiger partial charge in [-0.05, 0) is 68.0 Å². The third-order valence-electron chi connectivity index (χ3n) is 5.64. The topological polar surface area (TPSA) is 158 Å². The number of Topliss-reactive ketones (excluding diaryl/α,β-unsaturated/α-hetero) is 4. The summed E-state index contributed by atoms with van der Waals surface area (Å²) >= 11 is 2.00. The smallest absolute Gasteiger partial charge is 0.200 e. The highest BCUT2D eigenvalue weighted by atomic mass is 127. The van der Waals surface area contributed by atoms with E-state index in [0.717, 1.165) is 31.3 Å². The third kappa shape index (κ3) is 3.26. The number of hydrogen-bond donors (Lipinski definition) is 4. The maximum Gasteiger partial charge on any atom is 0.200 e. The summed E-state index contributed by atoms with van der Waals surface area (Å²) in [5, 5.41) is 44.5. The lowest BCUT2D eigenvalue weighted by molar-refractivity contribution is -0.329. The summed E-state index contributed by atoms with van der Waals surface area (Å²) in [5.74, 6) is -4.71. The summed E-state index contributed by atoms with van der Waals surface area (Å²) in [7, 11) is 0. The van der Waals surface area contributed by atoms with Crippen molar-refractivity contribution >= 4 is 45.7 Å². The molecule has 1 aromatic carbocycles. The van der Waals surface area contributed by atoms with E-state index in [0.29, 0.717) is 0 Å². The highest BCUT2D eigenvalue weighted by Gasteiger charge is 2.79. The first-order chi connectivity index (χ1) is 13.7. The number of carbonyl (C=O) groups excluding carboxylic acids is 4. The van der Waals surface area contributed by atoms with Crippen molar-refractivity contribution in [1.82, 2.24) is 0 Å². The van der Waals surface area contributed by atoms with Gasteiger partial charge in [0.05, 0.1) is 0 Å². The Hall–Kier alpha value is -1.57. The molecule has 0 bridgehead atoms. The summed E-state index contributed by atoms with van der Waals surface area (Å²) in [6.45, 7) is 3.37. The van der Waals surface area contributed by atoms with Crippen LogP contribution in [0.25, 0.3) is 0 Å². The van der Waals surface area contributed by atoms with Crippen molar-refractivity contribution in [3.63, 3.8) is 0 Å². The maximum atomic E-state index is 12.6. The maximum absolute atomic E-state index is 12.6. The van der Waals surface area contributed by atoms with E-state index in [9.17, 15) is 39.6 Å². The Morgan fingerprint density at radius 2 is 1.37 bits per heavy atom. The van der Waals surface area contributed by atoms with Crippen LogP contribution in [0.15, 0.2) is 24.3 Å². The van der Waals surface area contributed by atoms with Crippen molar-refractivity contribution in [1.29, 1.82) is 0 Å². The Morgan fingerprint density at radius 1 is 0.900 bits per heavy atom. The van der Waals surface area contributed by atoms with Gasteiger partial charge in [-0.25, -0.2) is 0 Å². The zero-order valence-corrected chi connectivity index (χ0v) is 18.9. The number of carbonyl (C=O) groups is 4. The molecule has 0 saturated carbocycles. The molecule has 164 valence electrons. The summed E-state index contributed by atoms with van der Waals surface area (Å²) < 4.78 is 6.39. The average molecular weight is 534 g/mol. The van der Waals surface area contributed by atoms with E-state index in [4.69, 9.17) is 4.74 Å². The molecule has 10 heteroatoms. The second-order valence-electron chi connectivity index (χ2n) is 7.46. The predicted octanol–water partition coefficient (Wildman–Crippen LogP) is -0.359. The highest BCUT2D eigenvalue weighted by molar-refractivity contribution is 14.1. The molecule has 1 aliphatic rings. The number of halogens is 1. The van der Waals surface area contributed by atoms with Gasteiger partial charge in [-0.15, -0.1) is 0 Å². The molecule has 9 nitrogen and oxygen atoms in total. The van der Waals surface area contributed by atoms with Crippen LogP contribution in [-0.4, -0.2) is 72.6 Å². The number of ketones is 4. The molecule has 1 aromatic rings. The van der Waals surface area contributed by atoms with Crippen LogP contribution in [0.5, 0.6) is 0 Å². The Balaban J connectivity index is 2.94. The number of benzene rings is 1. The number of aliphatic hydroxyl groups is 4. The number of ether oxygens (including phenoxy) is 1. The van der Waals surface area contributed by atoms with Gasteiger partial charge in [0, 0.05) is 3.57 Å². The van der Waals surface area contributed by atoms with Crippen LogP contribution >= 0.6 is 22.6 Å². The minimum Gasteiger partial charge on any atom is -0.382 e. The van der Waals surface area contributed by atoms with Crippen molar-refractivity contribution < 1.29 is 44.3 Å². The van der Waals surface area contributed by atoms with Gasteiger partial charge in [0.1, 0.15) is 18.3 Å². The molecule has 0 aromatic heterocycles. The van der Waals surface area contributed by atoms with Gasteiger partial charge in [0.2, 0.25) is 0 Å². The summed E-state index contributed by atoms with van der Waals surface area (Å²) in [5.41, 5.74) is -9.73. The first kappa shape index (κ1) is 24.7. The Morgan fingerprint density at radius 3 is 1.73 bits per heavy atom. The van der Waals surface area contributed by atoms with Gasteiger partial charge < -0.3 is 25.2 Å². The molecule has 6 atom stereocenters. The molecular formula is C20H23IO9. The molecule has 1 unspecified atom stereocenters. The Bertz CT molecular complexity index is 898. The zero-order chi connectivity index (χ0) is 23.2. The lowest BCUT2D eigenvalue weighted by atomic mass is 9.57. The fourth-order valence-electron chi connectivity index (χ4n) is 3.93. The summed E-state index contributed by atoms with van der Waals surface area (Å²) in [6.07, 6.45) is -6.09. The lowest BCUT2D eigenvalue weighted by Gasteiger charge is -2.58. The largest absolute Gasteiger partial charge is 0.382 e. The normalized spacial score (nSPS) is 34.8. The quantitative estimate of drug-likeness (QED) is 0.358. The molecule has 2 rings (SSSR count). The Kier molecular flexibility index (Phi) is 6.73. The van der Waals surface area contributed by atoms with Gasteiger partial charge in [0.25, 0.3) is 0 Å². The molecule has 0 radical (unpaired) electrons. The standard InChI is InChI=1S/C20H23IO9/c1-9(22)15(26)17-19(28,11(3)24)20(29,12(4)25)18(27,10(2)23)16(30-17)13-5-7-14(21)8-6-13/h5-8,15-17,26-29H,1-4H3/t15?,16-,17+,18-,19+,20+/m0/s1. The van der Waals surface area contributed by atoms with E-state index in [1.807, 2.05) is 22.6 Å². The molecule has 1 saturated heterocycles. The monoisotopic (exact) mass is 534 g/mol. The minimum absolute atomic E-state index is 0.110. The highest BCUT2D eigenvalue weighted by Crippen LogP contribution is 2.52. The molecular weight excluding hydrogens is 511 g/mol. The Labute approximate surface area is 186 Å². The number of aliphatic hydroxyl groups excluding tert-OH is 1. The second-order valence-corrected chi connectivity index (χ2v) is 8.70. The van der Waals surface area contributed by atoms with Crippen LogP contribution in [0.1, 0.15) is 39.4 Å². The van der Waals surface area contributed by atoms with Gasteiger partial charge in [0.15, 0.2) is 39.9 Å². The van der Waals surface area contributed by atoms with E-state index in [-0.39, 0.29) is 5.56 Å². The lowest BCUT2D eigenvalue weighted by Crippen LogP contribution is -2.85. The molecule has 0 spiro atoms. The first-order valence-electron chi connectivity index (χ1n) is 8.97. The van der Waals surface area contributed by atoms with Crippen LogP contribution in [0.2, 0.25) is 0 Å². The van der Waals surface area contributed by atoms with Crippen LogP contribution in [0.3, 0.4) is 0 Å². The number of hydrogen-bond acceptors (Lipinski definition) is 9. The van der Waals surface area contributed by atoms with Crippen molar-refractivity contribution in [3.8, 4) is 0 Å². The van der Waals surface area contributed by atoms with E-state index >= 15 is 0 Å². The van der Waals surface area contributed by atoms with Gasteiger partial charge >= 0.3 is 0 Å².